The van der Waals surface area contributed by atoms with Gasteiger partial charge in [-0.3, -0.25) is 0 Å². The molecule has 0 aromatic rings. The summed E-state index contributed by atoms with van der Waals surface area (Å²) in [6.45, 7) is 1.32. The number of halogens is 1. The summed E-state index contributed by atoms with van der Waals surface area (Å²) in [7, 11) is 2.26. The lowest BCUT2D eigenvalue weighted by atomic mass is 10.1. The summed E-state index contributed by atoms with van der Waals surface area (Å²) >= 11 is 3.46. The van der Waals surface area contributed by atoms with Crippen LogP contribution in [0.2, 0.25) is 0 Å². The van der Waals surface area contributed by atoms with Crippen LogP contribution in [0.4, 0.5) is 0 Å². The van der Waals surface area contributed by atoms with E-state index in [1.165, 1.54) is 44.0 Å². The van der Waals surface area contributed by atoms with Crippen molar-refractivity contribution in [3.63, 3.8) is 0 Å². The molecule has 1 unspecified atom stereocenters. The highest BCUT2D eigenvalue weighted by Gasteiger charge is 2.19. The van der Waals surface area contributed by atoms with Gasteiger partial charge in [-0.1, -0.05) is 22.4 Å². The average molecular weight is 220 g/mol. The number of hydrogen-bond acceptors (Lipinski definition) is 1. The molecule has 0 amide bonds. The molecule has 0 aromatic carbocycles. The van der Waals surface area contributed by atoms with Crippen molar-refractivity contribution in [3.8, 4) is 0 Å². The summed E-state index contributed by atoms with van der Waals surface area (Å²) in [5.41, 5.74) is 0. The number of unbranched alkanes of at least 4 members (excludes halogenated alkanes) is 1. The van der Waals surface area contributed by atoms with Crippen molar-refractivity contribution in [1.29, 1.82) is 0 Å². The summed E-state index contributed by atoms with van der Waals surface area (Å²) in [5.74, 6) is 0. The monoisotopic (exact) mass is 219 g/mol. The van der Waals surface area contributed by atoms with Crippen LogP contribution in [0.15, 0.2) is 0 Å². The zero-order valence-corrected chi connectivity index (χ0v) is 8.94. The molecule has 1 aliphatic rings. The Balaban J connectivity index is 2.05. The first-order valence-electron chi connectivity index (χ1n) is 4.61. The molecule has 0 N–H and O–H groups in total. The fourth-order valence-electron chi connectivity index (χ4n) is 1.82. The minimum atomic E-state index is 0.897. The number of hydrogen-bond donors (Lipinski definition) is 0. The Morgan fingerprint density at radius 3 is 2.82 bits per heavy atom. The quantitative estimate of drug-likeness (QED) is 0.520. The third-order valence-electron chi connectivity index (χ3n) is 2.59. The predicted molar refractivity (Wildman–Crippen MR) is 53.3 cm³/mol. The SMILES string of the molecule is CN1CCCC1CCCCBr. The molecule has 0 bridgehead atoms. The second kappa shape index (κ2) is 5.15. The van der Waals surface area contributed by atoms with E-state index in [-0.39, 0.29) is 0 Å². The Labute approximate surface area is 78.3 Å². The van der Waals surface area contributed by atoms with Crippen LogP contribution in [0.5, 0.6) is 0 Å². The summed E-state index contributed by atoms with van der Waals surface area (Å²) in [4.78, 5) is 2.51. The lowest BCUT2D eigenvalue weighted by molar-refractivity contribution is 0.291. The molecule has 1 atom stereocenters. The lowest BCUT2D eigenvalue weighted by Gasteiger charge is -2.18. The van der Waals surface area contributed by atoms with E-state index in [4.69, 9.17) is 0 Å². The second-order valence-electron chi connectivity index (χ2n) is 3.46. The molecule has 1 heterocycles. The first kappa shape index (κ1) is 9.53. The predicted octanol–water partition coefficient (Wildman–Crippen LogP) is 2.65. The van der Waals surface area contributed by atoms with Crippen molar-refractivity contribution in [3.05, 3.63) is 0 Å². The molecule has 1 saturated heterocycles. The molecule has 1 fully saturated rings. The first-order chi connectivity index (χ1) is 5.34. The van der Waals surface area contributed by atoms with Crippen LogP contribution in [0.3, 0.4) is 0 Å². The van der Waals surface area contributed by atoms with Gasteiger partial charge < -0.3 is 4.90 Å². The van der Waals surface area contributed by atoms with Gasteiger partial charge in [0, 0.05) is 11.4 Å². The number of alkyl halides is 1. The molecule has 0 aliphatic carbocycles. The smallest absolute Gasteiger partial charge is 0.00926 e. The van der Waals surface area contributed by atoms with Gasteiger partial charge in [0.25, 0.3) is 0 Å². The minimum absolute atomic E-state index is 0.897. The highest BCUT2D eigenvalue weighted by atomic mass is 79.9. The zero-order chi connectivity index (χ0) is 8.10. The van der Waals surface area contributed by atoms with Gasteiger partial charge >= 0.3 is 0 Å². The molecular weight excluding hydrogens is 202 g/mol. The molecule has 0 spiro atoms. The van der Waals surface area contributed by atoms with Gasteiger partial charge in [-0.2, -0.15) is 0 Å². The van der Waals surface area contributed by atoms with Gasteiger partial charge in [0.1, 0.15) is 0 Å². The summed E-state index contributed by atoms with van der Waals surface area (Å²) in [6, 6.07) is 0.897. The van der Waals surface area contributed by atoms with Gasteiger partial charge in [-0.15, -0.1) is 0 Å². The number of rotatable bonds is 4. The lowest BCUT2D eigenvalue weighted by Crippen LogP contribution is -2.24. The van der Waals surface area contributed by atoms with Gasteiger partial charge in [-0.05, 0) is 39.3 Å². The van der Waals surface area contributed by atoms with Crippen LogP contribution in [-0.2, 0) is 0 Å². The van der Waals surface area contributed by atoms with Crippen LogP contribution in [0.25, 0.3) is 0 Å². The average Bonchev–Trinajstić information content (AvgIpc) is 2.37. The van der Waals surface area contributed by atoms with E-state index >= 15 is 0 Å². The fraction of sp³-hybridized carbons (Fsp3) is 1.00. The topological polar surface area (TPSA) is 3.24 Å². The maximum Gasteiger partial charge on any atom is 0.00926 e. The van der Waals surface area contributed by atoms with Crippen LogP contribution in [0.1, 0.15) is 32.1 Å². The van der Waals surface area contributed by atoms with Crippen LogP contribution >= 0.6 is 15.9 Å². The second-order valence-corrected chi connectivity index (χ2v) is 4.25. The van der Waals surface area contributed by atoms with Crippen molar-refractivity contribution in [2.75, 3.05) is 18.9 Å². The van der Waals surface area contributed by atoms with Crippen molar-refractivity contribution in [2.45, 2.75) is 38.1 Å². The number of likely N-dealkylation sites (tertiary alicyclic amines) is 1. The van der Waals surface area contributed by atoms with Crippen LogP contribution < -0.4 is 0 Å². The van der Waals surface area contributed by atoms with E-state index in [0.29, 0.717) is 0 Å². The van der Waals surface area contributed by atoms with Crippen molar-refractivity contribution in [1.82, 2.24) is 4.90 Å². The van der Waals surface area contributed by atoms with Gasteiger partial charge in [0.15, 0.2) is 0 Å². The molecule has 1 nitrogen and oxygen atoms in total. The Hall–Kier alpha value is 0.440. The van der Waals surface area contributed by atoms with Crippen molar-refractivity contribution < 1.29 is 0 Å². The first-order valence-corrected chi connectivity index (χ1v) is 5.73. The van der Waals surface area contributed by atoms with E-state index in [2.05, 4.69) is 27.9 Å². The van der Waals surface area contributed by atoms with E-state index in [1.54, 1.807) is 0 Å². The molecule has 0 saturated carbocycles. The van der Waals surface area contributed by atoms with Crippen molar-refractivity contribution in [2.24, 2.45) is 0 Å². The van der Waals surface area contributed by atoms with Crippen LogP contribution in [0, 0.1) is 0 Å². The van der Waals surface area contributed by atoms with E-state index in [1.807, 2.05) is 0 Å². The highest BCUT2D eigenvalue weighted by Crippen LogP contribution is 2.19. The van der Waals surface area contributed by atoms with Crippen LogP contribution in [-0.4, -0.2) is 29.9 Å². The molecular formula is C9H18BrN. The molecule has 2 heteroatoms. The minimum Gasteiger partial charge on any atom is -0.303 e. The summed E-state index contributed by atoms with van der Waals surface area (Å²) in [5, 5.41) is 1.17. The van der Waals surface area contributed by atoms with Gasteiger partial charge in [0.05, 0.1) is 0 Å². The largest absolute Gasteiger partial charge is 0.303 e. The molecule has 1 aliphatic heterocycles. The molecule has 11 heavy (non-hydrogen) atoms. The third-order valence-corrected chi connectivity index (χ3v) is 3.15. The molecule has 1 rings (SSSR count). The van der Waals surface area contributed by atoms with Crippen molar-refractivity contribution >= 4 is 15.9 Å². The maximum absolute atomic E-state index is 3.46. The molecule has 66 valence electrons. The Bertz CT molecular complexity index is 106. The Morgan fingerprint density at radius 1 is 1.45 bits per heavy atom. The zero-order valence-electron chi connectivity index (χ0n) is 7.35. The van der Waals surface area contributed by atoms with Gasteiger partial charge in [-0.25, -0.2) is 0 Å². The Kier molecular flexibility index (Phi) is 4.46. The third kappa shape index (κ3) is 3.12. The maximum atomic E-state index is 3.46. The summed E-state index contributed by atoms with van der Waals surface area (Å²) in [6.07, 6.45) is 6.97. The Morgan fingerprint density at radius 2 is 2.27 bits per heavy atom. The molecule has 0 radical (unpaired) electrons. The van der Waals surface area contributed by atoms with Gasteiger partial charge in [0.2, 0.25) is 0 Å². The molecule has 0 aromatic heterocycles. The normalized spacial score (nSPS) is 26.2. The highest BCUT2D eigenvalue weighted by molar-refractivity contribution is 9.09. The summed E-state index contributed by atoms with van der Waals surface area (Å²) < 4.78 is 0. The fourth-order valence-corrected chi connectivity index (χ4v) is 2.21. The van der Waals surface area contributed by atoms with E-state index in [9.17, 15) is 0 Å². The van der Waals surface area contributed by atoms with E-state index < -0.39 is 0 Å². The standard InChI is InChI=1S/C9H18BrN/c1-11-8-4-6-9(11)5-2-3-7-10/h9H,2-8H2,1H3. The van der Waals surface area contributed by atoms with E-state index in [0.717, 1.165) is 6.04 Å². The number of nitrogens with zero attached hydrogens (tertiary/aromatic N) is 1.